The quantitative estimate of drug-likeness (QED) is 0.181. The first-order chi connectivity index (χ1) is 26.2. The van der Waals surface area contributed by atoms with Gasteiger partial charge in [-0.05, 0) is 94.4 Å². The van der Waals surface area contributed by atoms with Gasteiger partial charge in [0, 0.05) is 39.0 Å². The summed E-state index contributed by atoms with van der Waals surface area (Å²) in [6.07, 6.45) is 0. The summed E-state index contributed by atoms with van der Waals surface area (Å²) in [4.78, 5) is 2.33. The van der Waals surface area contributed by atoms with Crippen LogP contribution in [-0.2, 0) is 5.41 Å². The average Bonchev–Trinajstić information content (AvgIpc) is 3.87. The van der Waals surface area contributed by atoms with E-state index < -0.39 is 0 Å². The minimum absolute atomic E-state index is 0.341. The Morgan fingerprint density at radius 2 is 0.943 bits per heavy atom. The minimum atomic E-state index is -0.341. The van der Waals surface area contributed by atoms with Crippen LogP contribution in [0.5, 0.6) is 0 Å². The number of hydrogen-bond donors (Lipinski definition) is 0. The van der Waals surface area contributed by atoms with Crippen LogP contribution in [0.15, 0.2) is 191 Å². The van der Waals surface area contributed by atoms with Gasteiger partial charge in [0.25, 0.3) is 0 Å². The zero-order valence-corrected chi connectivity index (χ0v) is 29.1. The second kappa shape index (κ2) is 11.3. The summed E-state index contributed by atoms with van der Waals surface area (Å²) in [5, 5.41) is 4.43. The Balaban J connectivity index is 1.13. The van der Waals surface area contributed by atoms with Gasteiger partial charge in [-0.1, -0.05) is 127 Å². The first-order valence-electron chi connectivity index (χ1n) is 18.2. The molecule has 0 spiro atoms. The van der Waals surface area contributed by atoms with Crippen molar-refractivity contribution in [1.82, 2.24) is 0 Å². The van der Waals surface area contributed by atoms with E-state index in [-0.39, 0.29) is 5.41 Å². The summed E-state index contributed by atoms with van der Waals surface area (Å²) in [6.45, 7) is 2.37. The topological polar surface area (TPSA) is 29.5 Å². The van der Waals surface area contributed by atoms with Crippen LogP contribution < -0.4 is 4.90 Å². The van der Waals surface area contributed by atoms with Gasteiger partial charge in [0.1, 0.15) is 22.3 Å². The highest BCUT2D eigenvalue weighted by Gasteiger charge is 2.42. The van der Waals surface area contributed by atoms with Crippen molar-refractivity contribution in [3.05, 3.63) is 199 Å². The van der Waals surface area contributed by atoms with E-state index in [1.807, 2.05) is 12.1 Å². The lowest BCUT2D eigenvalue weighted by Gasteiger charge is -2.29. The van der Waals surface area contributed by atoms with Crippen LogP contribution in [0, 0.1) is 0 Å². The fourth-order valence-corrected chi connectivity index (χ4v) is 8.92. The van der Waals surface area contributed by atoms with Crippen LogP contribution in [0.25, 0.3) is 66.1 Å². The molecule has 250 valence electrons. The molecule has 0 amide bonds. The predicted molar refractivity (Wildman–Crippen MR) is 219 cm³/mol. The van der Waals surface area contributed by atoms with Gasteiger partial charge in [-0.15, -0.1) is 0 Å². The fraction of sp³-hybridized carbons (Fsp3) is 0.0400. The number of hydrogen-bond acceptors (Lipinski definition) is 3. The molecule has 3 nitrogen and oxygen atoms in total. The van der Waals surface area contributed by atoms with Gasteiger partial charge in [0.2, 0.25) is 0 Å². The Morgan fingerprint density at radius 1 is 0.396 bits per heavy atom. The maximum Gasteiger partial charge on any atom is 0.137 e. The Labute approximate surface area is 307 Å². The number of para-hydroxylation sites is 1. The van der Waals surface area contributed by atoms with E-state index in [0.29, 0.717) is 0 Å². The Morgan fingerprint density at radius 3 is 1.72 bits per heavy atom. The van der Waals surface area contributed by atoms with Crippen LogP contribution in [0.3, 0.4) is 0 Å². The van der Waals surface area contributed by atoms with Crippen LogP contribution >= 0.6 is 0 Å². The lowest BCUT2D eigenvalue weighted by Crippen LogP contribution is -2.22. The van der Waals surface area contributed by atoms with Gasteiger partial charge in [0.05, 0.1) is 11.1 Å². The molecule has 0 saturated carbocycles. The molecular weight excluding hydrogens is 647 g/mol. The molecular formula is C50H33NO2. The number of benzene rings is 8. The second-order valence-corrected chi connectivity index (χ2v) is 14.2. The van der Waals surface area contributed by atoms with E-state index in [1.165, 1.54) is 38.9 Å². The van der Waals surface area contributed by atoms with Crippen molar-refractivity contribution in [3.63, 3.8) is 0 Å². The molecule has 0 fully saturated rings. The van der Waals surface area contributed by atoms with E-state index in [0.717, 1.165) is 60.9 Å². The zero-order chi connectivity index (χ0) is 35.1. The summed E-state index contributed by atoms with van der Waals surface area (Å²) in [6, 6.07) is 64.9. The molecule has 10 aromatic rings. The van der Waals surface area contributed by atoms with Crippen molar-refractivity contribution in [1.29, 1.82) is 0 Å². The Hall–Kier alpha value is -6.84. The smallest absolute Gasteiger partial charge is 0.137 e. The monoisotopic (exact) mass is 679 g/mol. The molecule has 2 heterocycles. The van der Waals surface area contributed by atoms with Crippen molar-refractivity contribution in [2.45, 2.75) is 12.3 Å². The number of fused-ring (bicyclic) bond motifs is 9. The molecule has 0 unspecified atom stereocenters. The lowest BCUT2D eigenvalue weighted by molar-refractivity contribution is 0.666. The van der Waals surface area contributed by atoms with Crippen molar-refractivity contribution in [2.24, 2.45) is 0 Å². The molecule has 11 rings (SSSR count). The summed E-state index contributed by atoms with van der Waals surface area (Å²) in [5.74, 6) is 0. The van der Waals surface area contributed by atoms with Gasteiger partial charge in [-0.3, -0.25) is 0 Å². The van der Waals surface area contributed by atoms with Crippen molar-refractivity contribution in [3.8, 4) is 22.3 Å². The van der Waals surface area contributed by atoms with E-state index in [1.54, 1.807) is 0 Å². The van der Waals surface area contributed by atoms with E-state index >= 15 is 0 Å². The molecule has 0 atom stereocenters. The predicted octanol–water partition coefficient (Wildman–Crippen LogP) is 14.0. The van der Waals surface area contributed by atoms with Crippen molar-refractivity contribution in [2.75, 3.05) is 4.90 Å². The maximum absolute atomic E-state index is 6.81. The summed E-state index contributed by atoms with van der Waals surface area (Å²) < 4.78 is 13.2. The molecule has 3 heteroatoms. The van der Waals surface area contributed by atoms with E-state index in [9.17, 15) is 0 Å². The third-order valence-corrected chi connectivity index (χ3v) is 11.4. The highest BCUT2D eigenvalue weighted by atomic mass is 16.3. The summed E-state index contributed by atoms with van der Waals surface area (Å²) in [5.41, 5.74) is 15.1. The highest BCUT2D eigenvalue weighted by molar-refractivity contribution is 6.14. The largest absolute Gasteiger partial charge is 0.456 e. The molecule has 0 saturated heterocycles. The summed E-state index contributed by atoms with van der Waals surface area (Å²) in [7, 11) is 0. The molecule has 0 radical (unpaired) electrons. The van der Waals surface area contributed by atoms with Crippen LogP contribution in [0.4, 0.5) is 17.1 Å². The van der Waals surface area contributed by atoms with Gasteiger partial charge in [-0.2, -0.15) is 0 Å². The maximum atomic E-state index is 6.81. The summed E-state index contributed by atoms with van der Waals surface area (Å²) >= 11 is 0. The first-order valence-corrected chi connectivity index (χ1v) is 18.2. The average molecular weight is 680 g/mol. The fourth-order valence-electron chi connectivity index (χ4n) is 8.92. The van der Waals surface area contributed by atoms with E-state index in [4.69, 9.17) is 8.83 Å². The SMILES string of the molecule is CC1(c2cccc3oc4cc(N(c5ccc(-c6ccccc6)cc5)c5cccc6oc7ccccc7c56)ccc4c23)c2ccccc2-c2ccccc21. The standard InChI is InChI=1S/C50H33NO2/c1-50(40-18-8-5-15-36(40)37-16-6-9-19-41(37)50)42-20-11-23-45-48(42)39-30-29-35(31-47(39)53-45)51(34-27-25-33(26-28-34)32-13-3-2-4-14-32)43-21-12-24-46-49(43)38-17-7-10-22-44(38)52-46/h2-31H,1H3. The Bertz CT molecular complexity index is 2980. The molecule has 1 aliphatic carbocycles. The van der Waals surface area contributed by atoms with Crippen molar-refractivity contribution < 1.29 is 8.83 Å². The van der Waals surface area contributed by atoms with Crippen LogP contribution in [0.2, 0.25) is 0 Å². The van der Waals surface area contributed by atoms with Crippen LogP contribution in [-0.4, -0.2) is 0 Å². The minimum Gasteiger partial charge on any atom is -0.456 e. The lowest BCUT2D eigenvalue weighted by atomic mass is 9.73. The zero-order valence-electron chi connectivity index (χ0n) is 29.1. The second-order valence-electron chi connectivity index (χ2n) is 14.2. The van der Waals surface area contributed by atoms with Gasteiger partial charge in [0.15, 0.2) is 0 Å². The van der Waals surface area contributed by atoms with E-state index in [2.05, 4.69) is 182 Å². The molecule has 1 aliphatic rings. The number of anilines is 3. The third-order valence-electron chi connectivity index (χ3n) is 11.4. The normalized spacial score (nSPS) is 13.2. The van der Waals surface area contributed by atoms with Gasteiger partial charge >= 0.3 is 0 Å². The Kier molecular flexibility index (Phi) is 6.38. The molecule has 0 bridgehead atoms. The highest BCUT2D eigenvalue weighted by Crippen LogP contribution is 2.54. The van der Waals surface area contributed by atoms with Crippen molar-refractivity contribution >= 4 is 60.9 Å². The molecule has 8 aromatic carbocycles. The third kappa shape index (κ3) is 4.34. The molecule has 53 heavy (non-hydrogen) atoms. The van der Waals surface area contributed by atoms with Crippen LogP contribution in [0.1, 0.15) is 23.6 Å². The molecule has 2 aromatic heterocycles. The number of furan rings is 2. The number of rotatable bonds is 5. The first kappa shape index (κ1) is 29.8. The van der Waals surface area contributed by atoms with Gasteiger partial charge < -0.3 is 13.7 Å². The molecule has 0 aliphatic heterocycles. The van der Waals surface area contributed by atoms with Gasteiger partial charge in [-0.25, -0.2) is 0 Å². The number of nitrogens with zero attached hydrogens (tertiary/aromatic N) is 1. The molecule has 0 N–H and O–H groups in total.